The summed E-state index contributed by atoms with van der Waals surface area (Å²) in [5, 5.41) is 8.05. The molecule has 3 nitrogen and oxygen atoms in total. The Morgan fingerprint density at radius 1 is 1.11 bits per heavy atom. The summed E-state index contributed by atoms with van der Waals surface area (Å²) < 4.78 is 2.09. The molecule has 1 heterocycles. The summed E-state index contributed by atoms with van der Waals surface area (Å²) in [6.45, 7) is 6.52. The van der Waals surface area contributed by atoms with Crippen LogP contribution in [0.2, 0.25) is 0 Å². The van der Waals surface area contributed by atoms with Gasteiger partial charge in [0.05, 0.1) is 17.8 Å². The van der Waals surface area contributed by atoms with E-state index in [-0.39, 0.29) is 6.04 Å². The lowest BCUT2D eigenvalue weighted by atomic mass is 9.91. The monoisotopic (exact) mass is 257 g/mol. The summed E-state index contributed by atoms with van der Waals surface area (Å²) in [7, 11) is 2.02. The maximum atomic E-state index is 4.60. The molecule has 2 unspecified atom stereocenters. The highest BCUT2D eigenvalue weighted by atomic mass is 15.3. The number of nitrogens with one attached hydrogen (secondary N) is 1. The normalized spacial score (nSPS) is 14.6. The van der Waals surface area contributed by atoms with Crippen molar-refractivity contribution in [2.24, 2.45) is 5.92 Å². The standard InChI is InChI=1S/C16H23N3/c1-12(2)16(19-11-10-13(3)18-19)15(17-4)14-8-6-5-7-9-14/h5-12,15-17H,1-4H3. The Hall–Kier alpha value is -1.61. The van der Waals surface area contributed by atoms with E-state index in [1.165, 1.54) is 5.56 Å². The van der Waals surface area contributed by atoms with Gasteiger partial charge < -0.3 is 5.32 Å². The highest BCUT2D eigenvalue weighted by molar-refractivity contribution is 5.20. The first-order chi connectivity index (χ1) is 9.13. The van der Waals surface area contributed by atoms with E-state index in [4.69, 9.17) is 0 Å². The molecular weight excluding hydrogens is 234 g/mol. The van der Waals surface area contributed by atoms with E-state index in [0.29, 0.717) is 12.0 Å². The van der Waals surface area contributed by atoms with Gasteiger partial charge in [0.25, 0.3) is 0 Å². The van der Waals surface area contributed by atoms with E-state index in [1.807, 2.05) is 14.0 Å². The molecular formula is C16H23N3. The molecule has 2 aromatic rings. The maximum Gasteiger partial charge on any atom is 0.0736 e. The summed E-state index contributed by atoms with van der Waals surface area (Å²) in [6, 6.07) is 13.2. The van der Waals surface area contributed by atoms with Crippen molar-refractivity contribution in [3.05, 3.63) is 53.9 Å². The van der Waals surface area contributed by atoms with Crippen molar-refractivity contribution in [3.63, 3.8) is 0 Å². The highest BCUT2D eigenvalue weighted by Gasteiger charge is 2.26. The molecule has 0 radical (unpaired) electrons. The average molecular weight is 257 g/mol. The van der Waals surface area contributed by atoms with Gasteiger partial charge in [0, 0.05) is 6.20 Å². The van der Waals surface area contributed by atoms with Crippen LogP contribution in [0, 0.1) is 12.8 Å². The van der Waals surface area contributed by atoms with Crippen LogP contribution in [0.3, 0.4) is 0 Å². The molecule has 0 aliphatic heterocycles. The second-order valence-electron chi connectivity index (χ2n) is 5.35. The predicted octanol–water partition coefficient (Wildman–Crippen LogP) is 3.35. The van der Waals surface area contributed by atoms with Crippen molar-refractivity contribution < 1.29 is 0 Å². The van der Waals surface area contributed by atoms with Crippen LogP contribution in [-0.4, -0.2) is 16.8 Å². The van der Waals surface area contributed by atoms with Gasteiger partial charge >= 0.3 is 0 Å². The van der Waals surface area contributed by atoms with E-state index < -0.39 is 0 Å². The molecule has 2 atom stereocenters. The van der Waals surface area contributed by atoms with Crippen LogP contribution in [0.5, 0.6) is 0 Å². The van der Waals surface area contributed by atoms with Crippen LogP contribution in [0.1, 0.15) is 37.2 Å². The van der Waals surface area contributed by atoms with E-state index in [0.717, 1.165) is 5.69 Å². The Kier molecular flexibility index (Phi) is 4.38. The number of aromatic nitrogens is 2. The SMILES string of the molecule is CNC(c1ccccc1)C(C(C)C)n1ccc(C)n1. The lowest BCUT2D eigenvalue weighted by Crippen LogP contribution is -2.31. The molecule has 0 saturated heterocycles. The minimum Gasteiger partial charge on any atom is -0.311 e. The second-order valence-corrected chi connectivity index (χ2v) is 5.35. The quantitative estimate of drug-likeness (QED) is 0.890. The lowest BCUT2D eigenvalue weighted by Gasteiger charge is -2.30. The molecule has 19 heavy (non-hydrogen) atoms. The Labute approximate surface area is 115 Å². The van der Waals surface area contributed by atoms with Crippen molar-refractivity contribution in [1.29, 1.82) is 0 Å². The predicted molar refractivity (Wildman–Crippen MR) is 79.1 cm³/mol. The molecule has 0 fully saturated rings. The minimum atomic E-state index is 0.264. The highest BCUT2D eigenvalue weighted by Crippen LogP contribution is 2.31. The number of rotatable bonds is 5. The fourth-order valence-corrected chi connectivity index (χ4v) is 2.64. The molecule has 3 heteroatoms. The minimum absolute atomic E-state index is 0.264. The number of likely N-dealkylation sites (N-methyl/N-ethyl adjacent to an activating group) is 1. The molecule has 0 saturated carbocycles. The number of aryl methyl sites for hydroxylation is 1. The number of benzene rings is 1. The zero-order valence-electron chi connectivity index (χ0n) is 12.2. The van der Waals surface area contributed by atoms with E-state index in [2.05, 4.69) is 71.5 Å². The van der Waals surface area contributed by atoms with Gasteiger partial charge in [-0.15, -0.1) is 0 Å². The first-order valence-corrected chi connectivity index (χ1v) is 6.87. The second kappa shape index (κ2) is 6.02. The van der Waals surface area contributed by atoms with Crippen molar-refractivity contribution in [2.75, 3.05) is 7.05 Å². The Balaban J connectivity index is 2.37. The average Bonchev–Trinajstić information content (AvgIpc) is 2.82. The molecule has 1 aromatic heterocycles. The molecule has 0 bridgehead atoms. The van der Waals surface area contributed by atoms with Gasteiger partial charge in [0.15, 0.2) is 0 Å². The van der Waals surface area contributed by atoms with E-state index in [9.17, 15) is 0 Å². The Bertz CT molecular complexity index is 502. The van der Waals surface area contributed by atoms with Crippen LogP contribution in [0.4, 0.5) is 0 Å². The van der Waals surface area contributed by atoms with Crippen LogP contribution < -0.4 is 5.32 Å². The third-order valence-electron chi connectivity index (χ3n) is 3.54. The summed E-state index contributed by atoms with van der Waals surface area (Å²) >= 11 is 0. The fourth-order valence-electron chi connectivity index (χ4n) is 2.64. The van der Waals surface area contributed by atoms with Gasteiger partial charge in [-0.05, 0) is 31.5 Å². The van der Waals surface area contributed by atoms with Crippen molar-refractivity contribution >= 4 is 0 Å². The van der Waals surface area contributed by atoms with Gasteiger partial charge in [-0.25, -0.2) is 0 Å². The van der Waals surface area contributed by atoms with E-state index >= 15 is 0 Å². The van der Waals surface area contributed by atoms with Gasteiger partial charge in [-0.1, -0.05) is 44.2 Å². The maximum absolute atomic E-state index is 4.60. The van der Waals surface area contributed by atoms with Gasteiger partial charge in [-0.3, -0.25) is 4.68 Å². The van der Waals surface area contributed by atoms with Gasteiger partial charge in [-0.2, -0.15) is 5.10 Å². The third kappa shape index (κ3) is 3.04. The summed E-state index contributed by atoms with van der Waals surface area (Å²) in [6.07, 6.45) is 2.08. The number of hydrogen-bond donors (Lipinski definition) is 1. The number of hydrogen-bond acceptors (Lipinski definition) is 2. The molecule has 2 rings (SSSR count). The first-order valence-electron chi connectivity index (χ1n) is 6.87. The zero-order chi connectivity index (χ0) is 13.8. The summed E-state index contributed by atoms with van der Waals surface area (Å²) in [5.74, 6) is 0.497. The van der Waals surface area contributed by atoms with Crippen LogP contribution in [0.25, 0.3) is 0 Å². The topological polar surface area (TPSA) is 29.9 Å². The van der Waals surface area contributed by atoms with Crippen LogP contribution in [-0.2, 0) is 0 Å². The third-order valence-corrected chi connectivity index (χ3v) is 3.54. The van der Waals surface area contributed by atoms with Crippen LogP contribution >= 0.6 is 0 Å². The largest absolute Gasteiger partial charge is 0.311 e. The molecule has 1 aromatic carbocycles. The molecule has 102 valence electrons. The Morgan fingerprint density at radius 3 is 2.26 bits per heavy atom. The summed E-state index contributed by atoms with van der Waals surface area (Å²) in [5.41, 5.74) is 2.37. The molecule has 0 aliphatic carbocycles. The zero-order valence-corrected chi connectivity index (χ0v) is 12.2. The van der Waals surface area contributed by atoms with Crippen molar-refractivity contribution in [2.45, 2.75) is 32.9 Å². The Morgan fingerprint density at radius 2 is 1.79 bits per heavy atom. The molecule has 0 aliphatic rings. The molecule has 0 spiro atoms. The fraction of sp³-hybridized carbons (Fsp3) is 0.438. The van der Waals surface area contributed by atoms with Crippen LogP contribution in [0.15, 0.2) is 42.6 Å². The lowest BCUT2D eigenvalue weighted by molar-refractivity contribution is 0.267. The summed E-state index contributed by atoms with van der Waals surface area (Å²) in [4.78, 5) is 0. The smallest absolute Gasteiger partial charge is 0.0736 e. The van der Waals surface area contributed by atoms with Crippen molar-refractivity contribution in [3.8, 4) is 0 Å². The van der Waals surface area contributed by atoms with Gasteiger partial charge in [0.2, 0.25) is 0 Å². The van der Waals surface area contributed by atoms with E-state index in [1.54, 1.807) is 0 Å². The first kappa shape index (κ1) is 13.8. The van der Waals surface area contributed by atoms with Gasteiger partial charge in [0.1, 0.15) is 0 Å². The molecule has 1 N–H and O–H groups in total. The number of nitrogens with zero attached hydrogens (tertiary/aromatic N) is 2. The molecule has 0 amide bonds. The van der Waals surface area contributed by atoms with Crippen molar-refractivity contribution in [1.82, 2.24) is 15.1 Å².